The molecule has 0 aliphatic carbocycles. The molecule has 0 spiro atoms. The summed E-state index contributed by atoms with van der Waals surface area (Å²) < 4.78 is 21.6. The van der Waals surface area contributed by atoms with Crippen molar-refractivity contribution in [3.05, 3.63) is 48.4 Å². The molecular weight excluding hydrogens is 370 g/mol. The second-order valence-corrected chi connectivity index (χ2v) is 6.38. The Kier molecular flexibility index (Phi) is 11.4. The summed E-state index contributed by atoms with van der Waals surface area (Å²) in [7, 11) is 1.69. The first-order valence-electron chi connectivity index (χ1n) is 10.2. The number of ether oxygens (including phenoxy) is 3. The first-order chi connectivity index (χ1) is 14.3. The van der Waals surface area contributed by atoms with Gasteiger partial charge in [0.2, 0.25) is 0 Å². The van der Waals surface area contributed by atoms with Crippen LogP contribution in [0.3, 0.4) is 0 Å². The predicted octanol–water partition coefficient (Wildman–Crippen LogP) is 3.72. The Morgan fingerprint density at radius 1 is 1.10 bits per heavy atom. The van der Waals surface area contributed by atoms with Gasteiger partial charge in [-0.15, -0.1) is 0 Å². The number of nitrogens with zero attached hydrogens (tertiary/aromatic N) is 1. The fourth-order valence-corrected chi connectivity index (χ4v) is 2.59. The average molecular weight is 404 g/mol. The molecule has 1 aromatic heterocycles. The van der Waals surface area contributed by atoms with E-state index in [1.54, 1.807) is 13.4 Å². The van der Waals surface area contributed by atoms with E-state index >= 15 is 0 Å². The molecule has 0 saturated carbocycles. The zero-order valence-corrected chi connectivity index (χ0v) is 17.5. The fraction of sp³-hybridized carbons (Fsp3) is 0.500. The predicted molar refractivity (Wildman–Crippen MR) is 116 cm³/mol. The summed E-state index contributed by atoms with van der Waals surface area (Å²) >= 11 is 0. The molecule has 0 amide bonds. The lowest BCUT2D eigenvalue weighted by molar-refractivity contribution is 0.146. The molecule has 2 N–H and O–H groups in total. The monoisotopic (exact) mass is 403 g/mol. The van der Waals surface area contributed by atoms with E-state index in [-0.39, 0.29) is 0 Å². The molecule has 0 fully saturated rings. The number of anilines is 1. The van der Waals surface area contributed by atoms with Gasteiger partial charge in [-0.25, -0.2) is 0 Å². The minimum Gasteiger partial charge on any atom is -0.493 e. The Labute approximate surface area is 173 Å². The minimum absolute atomic E-state index is 0.622. The number of hydrogen-bond acceptors (Lipinski definition) is 5. The number of nitrogens with one attached hydrogen (secondary N) is 2. The van der Waals surface area contributed by atoms with Crippen LogP contribution in [0.2, 0.25) is 0 Å². The van der Waals surface area contributed by atoms with Gasteiger partial charge in [-0.2, -0.15) is 0 Å². The Morgan fingerprint density at radius 2 is 2.03 bits per heavy atom. The molecule has 7 nitrogen and oxygen atoms in total. The third-order valence-electron chi connectivity index (χ3n) is 4.02. The zero-order chi connectivity index (χ0) is 20.6. The molecule has 160 valence electrons. The highest BCUT2D eigenvalue weighted by Crippen LogP contribution is 2.17. The van der Waals surface area contributed by atoms with E-state index in [0.29, 0.717) is 26.4 Å². The molecule has 0 saturated heterocycles. The third-order valence-corrected chi connectivity index (χ3v) is 4.02. The lowest BCUT2D eigenvalue weighted by atomic mass is 10.3. The number of rotatable bonds is 14. The van der Waals surface area contributed by atoms with E-state index in [9.17, 15) is 0 Å². The first kappa shape index (κ1) is 22.8. The molecule has 2 aromatic rings. The topological polar surface area (TPSA) is 77.2 Å². The minimum atomic E-state index is 0.622. The summed E-state index contributed by atoms with van der Waals surface area (Å²) in [6.45, 7) is 6.16. The number of hydrogen-bond donors (Lipinski definition) is 2. The molecule has 29 heavy (non-hydrogen) atoms. The first-order valence-corrected chi connectivity index (χ1v) is 10.2. The van der Waals surface area contributed by atoms with Crippen molar-refractivity contribution < 1.29 is 18.6 Å². The second kappa shape index (κ2) is 14.5. The van der Waals surface area contributed by atoms with Gasteiger partial charge in [-0.1, -0.05) is 6.07 Å². The standard InChI is InChI=1S/C22H33N3O4/c1-3-27-15-6-12-23-22(24-13-11-20-10-5-16-28-20)25-19-8-4-9-21(18-19)29-17-7-14-26-2/h4-5,8-10,16,18H,3,6-7,11-15,17H2,1-2H3,(H2,23,24,25). The quantitative estimate of drug-likeness (QED) is 0.284. The highest BCUT2D eigenvalue weighted by atomic mass is 16.5. The molecule has 0 radical (unpaired) electrons. The molecule has 1 heterocycles. The van der Waals surface area contributed by atoms with Crippen molar-refractivity contribution in [3.8, 4) is 5.75 Å². The molecule has 0 unspecified atom stereocenters. The van der Waals surface area contributed by atoms with Gasteiger partial charge in [0.1, 0.15) is 11.5 Å². The van der Waals surface area contributed by atoms with Crippen molar-refractivity contribution >= 4 is 11.6 Å². The van der Waals surface area contributed by atoms with Crippen molar-refractivity contribution in [3.63, 3.8) is 0 Å². The van der Waals surface area contributed by atoms with E-state index < -0.39 is 0 Å². The Morgan fingerprint density at radius 3 is 2.83 bits per heavy atom. The number of aliphatic imine (C=N–C) groups is 1. The molecule has 7 heteroatoms. The molecule has 0 bridgehead atoms. The molecule has 0 aliphatic rings. The number of benzene rings is 1. The molecule has 0 aliphatic heterocycles. The third kappa shape index (κ3) is 10.0. The highest BCUT2D eigenvalue weighted by molar-refractivity contribution is 5.93. The number of guanidine groups is 1. The van der Waals surface area contributed by atoms with Crippen molar-refractivity contribution in [1.82, 2.24) is 5.32 Å². The van der Waals surface area contributed by atoms with Gasteiger partial charge < -0.3 is 29.3 Å². The van der Waals surface area contributed by atoms with Crippen LogP contribution in [0.1, 0.15) is 25.5 Å². The van der Waals surface area contributed by atoms with E-state index in [2.05, 4.69) is 15.6 Å². The van der Waals surface area contributed by atoms with Crippen LogP contribution in [0.25, 0.3) is 0 Å². The lowest BCUT2D eigenvalue weighted by Crippen LogP contribution is -2.32. The van der Waals surface area contributed by atoms with Crippen LogP contribution in [0.15, 0.2) is 52.1 Å². The van der Waals surface area contributed by atoms with Crippen molar-refractivity contribution in [1.29, 1.82) is 0 Å². The summed E-state index contributed by atoms with van der Waals surface area (Å²) in [6, 6.07) is 11.7. The summed E-state index contributed by atoms with van der Waals surface area (Å²) in [5.74, 6) is 2.49. The smallest absolute Gasteiger partial charge is 0.195 e. The Balaban J connectivity index is 1.89. The molecule has 2 rings (SSSR count). The second-order valence-electron chi connectivity index (χ2n) is 6.38. The Hall–Kier alpha value is -2.51. The molecule has 1 aromatic carbocycles. The molecule has 0 atom stereocenters. The summed E-state index contributed by atoms with van der Waals surface area (Å²) in [4.78, 5) is 4.65. The van der Waals surface area contributed by atoms with Gasteiger partial charge >= 0.3 is 0 Å². The largest absolute Gasteiger partial charge is 0.493 e. The van der Waals surface area contributed by atoms with E-state index in [4.69, 9.17) is 18.6 Å². The van der Waals surface area contributed by atoms with Crippen molar-refractivity contribution in [2.24, 2.45) is 4.99 Å². The lowest BCUT2D eigenvalue weighted by Gasteiger charge is -2.14. The highest BCUT2D eigenvalue weighted by Gasteiger charge is 2.03. The van der Waals surface area contributed by atoms with E-state index in [0.717, 1.165) is 55.6 Å². The maximum absolute atomic E-state index is 5.78. The SMILES string of the molecule is CCOCCCN=C(NCCc1ccco1)Nc1cccc(OCCCOC)c1. The fourth-order valence-electron chi connectivity index (χ4n) is 2.59. The summed E-state index contributed by atoms with van der Waals surface area (Å²) in [5.41, 5.74) is 0.920. The Bertz CT molecular complexity index is 689. The van der Waals surface area contributed by atoms with E-state index in [1.165, 1.54) is 0 Å². The van der Waals surface area contributed by atoms with Gasteiger partial charge in [0.15, 0.2) is 5.96 Å². The number of methoxy groups -OCH3 is 1. The summed E-state index contributed by atoms with van der Waals surface area (Å²) in [5, 5.41) is 6.71. The van der Waals surface area contributed by atoms with Gasteiger partial charge in [0.25, 0.3) is 0 Å². The van der Waals surface area contributed by atoms with Crippen LogP contribution in [0, 0.1) is 0 Å². The van der Waals surface area contributed by atoms with Crippen LogP contribution in [0.5, 0.6) is 5.75 Å². The summed E-state index contributed by atoms with van der Waals surface area (Å²) in [6.07, 6.45) is 4.21. The van der Waals surface area contributed by atoms with Gasteiger partial charge in [-0.05, 0) is 37.6 Å². The maximum Gasteiger partial charge on any atom is 0.195 e. The number of furan rings is 1. The van der Waals surface area contributed by atoms with Crippen molar-refractivity contribution in [2.75, 3.05) is 51.9 Å². The van der Waals surface area contributed by atoms with Crippen LogP contribution >= 0.6 is 0 Å². The zero-order valence-electron chi connectivity index (χ0n) is 17.5. The van der Waals surface area contributed by atoms with Gasteiger partial charge in [0.05, 0.1) is 12.9 Å². The van der Waals surface area contributed by atoms with Gasteiger partial charge in [0, 0.05) is 64.6 Å². The van der Waals surface area contributed by atoms with Crippen LogP contribution in [0.4, 0.5) is 5.69 Å². The maximum atomic E-state index is 5.78. The van der Waals surface area contributed by atoms with Crippen LogP contribution < -0.4 is 15.4 Å². The van der Waals surface area contributed by atoms with Crippen LogP contribution in [-0.4, -0.2) is 52.6 Å². The molecular formula is C22H33N3O4. The van der Waals surface area contributed by atoms with Gasteiger partial charge in [-0.3, -0.25) is 4.99 Å². The van der Waals surface area contributed by atoms with Crippen LogP contribution in [-0.2, 0) is 15.9 Å². The van der Waals surface area contributed by atoms with Crippen molar-refractivity contribution in [2.45, 2.75) is 26.2 Å². The average Bonchev–Trinajstić information content (AvgIpc) is 3.25. The van der Waals surface area contributed by atoms with E-state index in [1.807, 2.05) is 43.3 Å². The normalized spacial score (nSPS) is 11.4.